The van der Waals surface area contributed by atoms with Crippen molar-refractivity contribution in [1.29, 1.82) is 0 Å². The summed E-state index contributed by atoms with van der Waals surface area (Å²) in [5, 5.41) is 11.8. The maximum Gasteiger partial charge on any atom is 0.303 e. The van der Waals surface area contributed by atoms with E-state index in [-0.39, 0.29) is 23.9 Å². The van der Waals surface area contributed by atoms with Crippen LogP contribution in [0.3, 0.4) is 0 Å². The largest absolute Gasteiger partial charge is 0.458 e. The molecule has 2 fully saturated rings. The first-order valence-electron chi connectivity index (χ1n) is 13.2. The van der Waals surface area contributed by atoms with Gasteiger partial charge in [0, 0.05) is 57.7 Å². The molecule has 1 aromatic carbocycles. The van der Waals surface area contributed by atoms with Gasteiger partial charge in [0.1, 0.15) is 6.10 Å². The Morgan fingerprint density at radius 3 is 2.56 bits per heavy atom. The average Bonchev–Trinajstić information content (AvgIpc) is 2.78. The van der Waals surface area contributed by atoms with Crippen molar-refractivity contribution in [3.05, 3.63) is 41.0 Å². The molecule has 1 aromatic rings. The van der Waals surface area contributed by atoms with Gasteiger partial charge in [-0.15, -0.1) is 0 Å². The number of piperazine rings is 1. The monoisotopic (exact) mass is 468 g/mol. The van der Waals surface area contributed by atoms with E-state index in [0.717, 1.165) is 51.1 Å². The maximum absolute atomic E-state index is 11.8. The van der Waals surface area contributed by atoms with Crippen molar-refractivity contribution in [2.75, 3.05) is 37.6 Å². The first-order valence-corrected chi connectivity index (χ1v) is 13.2. The summed E-state index contributed by atoms with van der Waals surface area (Å²) < 4.78 is 5.57. The number of nitrogens with zero attached hydrogens (tertiary/aromatic N) is 2. The molecule has 5 heteroatoms. The number of esters is 1. The first kappa shape index (κ1) is 25.2. The molecule has 0 spiro atoms. The highest BCUT2D eigenvalue weighted by Gasteiger charge is 2.52. The van der Waals surface area contributed by atoms with Gasteiger partial charge >= 0.3 is 5.97 Å². The molecule has 0 radical (unpaired) electrons. The lowest BCUT2D eigenvalue weighted by Gasteiger charge is -2.53. The molecule has 1 N–H and O–H groups in total. The fourth-order valence-corrected chi connectivity index (χ4v) is 6.79. The summed E-state index contributed by atoms with van der Waals surface area (Å²) in [6, 6.07) is 6.62. The van der Waals surface area contributed by atoms with E-state index in [9.17, 15) is 9.90 Å². The molecule has 1 saturated heterocycles. The highest BCUT2D eigenvalue weighted by Crippen LogP contribution is 2.51. The molecule has 2 aliphatic carbocycles. The van der Waals surface area contributed by atoms with Crippen LogP contribution in [0.2, 0.25) is 0 Å². The lowest BCUT2D eigenvalue weighted by atomic mass is 9.57. The number of rotatable bonds is 5. The standard InChI is InChI=1S/C29H44N2O3/c1-19-8-7-9-27(23(19)5)31-14-12-30(13-15-31)18-21(3)25-11-10-22(4)29(33)17-28(34-24(6)32)20(2)16-26(25)29/h7-9,16,21-22,25-26,28,33H,10-15,17-18H2,1-6H3/t21?,22-,25+,26-,28-,29-/m1/s1. The Bertz CT molecular complexity index is 920. The van der Waals surface area contributed by atoms with Gasteiger partial charge in [-0.05, 0) is 74.1 Å². The van der Waals surface area contributed by atoms with E-state index >= 15 is 0 Å². The lowest BCUT2D eigenvalue weighted by molar-refractivity contribution is -0.159. The van der Waals surface area contributed by atoms with Crippen molar-refractivity contribution in [1.82, 2.24) is 4.90 Å². The number of benzene rings is 1. The van der Waals surface area contributed by atoms with Crippen molar-refractivity contribution < 1.29 is 14.6 Å². The molecule has 1 heterocycles. The second kappa shape index (κ2) is 10.0. The Kier molecular flexibility index (Phi) is 7.44. The summed E-state index contributed by atoms with van der Waals surface area (Å²) in [6.07, 6.45) is 4.65. The minimum absolute atomic E-state index is 0.134. The van der Waals surface area contributed by atoms with Gasteiger partial charge < -0.3 is 14.7 Å². The van der Waals surface area contributed by atoms with Crippen molar-refractivity contribution in [3.8, 4) is 0 Å². The Labute approximate surface area is 206 Å². The number of carbonyl (C=O) groups is 1. The van der Waals surface area contributed by atoms with E-state index in [2.05, 4.69) is 68.7 Å². The van der Waals surface area contributed by atoms with Crippen LogP contribution in [0, 0.1) is 37.5 Å². The number of aliphatic hydroxyl groups is 1. The normalized spacial score (nSPS) is 33.1. The fourth-order valence-electron chi connectivity index (χ4n) is 6.79. The number of hydrogen-bond acceptors (Lipinski definition) is 5. The molecule has 1 unspecified atom stereocenters. The molecule has 34 heavy (non-hydrogen) atoms. The second-order valence-electron chi connectivity index (χ2n) is 11.4. The van der Waals surface area contributed by atoms with Crippen molar-refractivity contribution in [3.63, 3.8) is 0 Å². The van der Waals surface area contributed by atoms with E-state index in [1.54, 1.807) is 0 Å². The van der Waals surface area contributed by atoms with Crippen LogP contribution >= 0.6 is 0 Å². The Morgan fingerprint density at radius 1 is 1.18 bits per heavy atom. The van der Waals surface area contributed by atoms with Gasteiger partial charge in [0.25, 0.3) is 0 Å². The third-order valence-electron chi connectivity index (χ3n) is 9.16. The van der Waals surface area contributed by atoms with Crippen LogP contribution in [-0.4, -0.2) is 60.4 Å². The molecule has 1 aliphatic heterocycles. The summed E-state index contributed by atoms with van der Waals surface area (Å²) in [6.45, 7) is 17.8. The molecule has 6 atom stereocenters. The van der Waals surface area contributed by atoms with E-state index in [1.807, 2.05) is 0 Å². The van der Waals surface area contributed by atoms with Crippen LogP contribution in [0.5, 0.6) is 0 Å². The quantitative estimate of drug-likeness (QED) is 0.500. The van der Waals surface area contributed by atoms with Gasteiger partial charge in [-0.3, -0.25) is 9.69 Å². The van der Waals surface area contributed by atoms with E-state index in [0.29, 0.717) is 18.3 Å². The molecular formula is C29H44N2O3. The molecule has 1 saturated carbocycles. The van der Waals surface area contributed by atoms with E-state index in [4.69, 9.17) is 4.74 Å². The van der Waals surface area contributed by atoms with E-state index in [1.165, 1.54) is 23.7 Å². The summed E-state index contributed by atoms with van der Waals surface area (Å²) in [5.41, 5.74) is 4.44. The Hall–Kier alpha value is -1.85. The second-order valence-corrected chi connectivity index (χ2v) is 11.4. The number of aryl methyl sites for hydroxylation is 1. The molecule has 0 aromatic heterocycles. The van der Waals surface area contributed by atoms with Crippen LogP contribution in [0.25, 0.3) is 0 Å². The number of anilines is 1. The first-order chi connectivity index (χ1) is 16.1. The zero-order valence-electron chi connectivity index (χ0n) is 22.0. The highest BCUT2D eigenvalue weighted by molar-refractivity contribution is 5.66. The topological polar surface area (TPSA) is 53.0 Å². The van der Waals surface area contributed by atoms with Gasteiger partial charge in [-0.2, -0.15) is 0 Å². The third kappa shape index (κ3) is 4.92. The summed E-state index contributed by atoms with van der Waals surface area (Å²) >= 11 is 0. The SMILES string of the molecule is CC(=O)O[C@@H]1C[C@@]2(O)[C@H](C)CC[C@@H](C(C)CN3CCN(c4cccc(C)c4C)CC3)[C@H]2C=C1C. The predicted molar refractivity (Wildman–Crippen MR) is 138 cm³/mol. The van der Waals surface area contributed by atoms with Crippen LogP contribution in [0.1, 0.15) is 58.1 Å². The van der Waals surface area contributed by atoms with Gasteiger partial charge in [-0.25, -0.2) is 0 Å². The van der Waals surface area contributed by atoms with Gasteiger partial charge in [-0.1, -0.05) is 32.1 Å². The molecular weight excluding hydrogens is 424 g/mol. The molecule has 188 valence electrons. The maximum atomic E-state index is 11.8. The number of hydrogen-bond donors (Lipinski definition) is 1. The Morgan fingerprint density at radius 2 is 1.88 bits per heavy atom. The van der Waals surface area contributed by atoms with Gasteiger partial charge in [0.2, 0.25) is 0 Å². The predicted octanol–water partition coefficient (Wildman–Crippen LogP) is 4.74. The van der Waals surface area contributed by atoms with Gasteiger partial charge in [0.15, 0.2) is 0 Å². The van der Waals surface area contributed by atoms with Crippen LogP contribution in [0.4, 0.5) is 5.69 Å². The summed E-state index contributed by atoms with van der Waals surface area (Å²) in [7, 11) is 0. The minimum atomic E-state index is -0.793. The zero-order valence-corrected chi connectivity index (χ0v) is 22.0. The van der Waals surface area contributed by atoms with Crippen LogP contribution in [0.15, 0.2) is 29.8 Å². The number of ether oxygens (including phenoxy) is 1. The highest BCUT2D eigenvalue weighted by atomic mass is 16.5. The van der Waals surface area contributed by atoms with E-state index < -0.39 is 5.60 Å². The lowest BCUT2D eigenvalue weighted by Crippen LogP contribution is -2.56. The van der Waals surface area contributed by atoms with Crippen molar-refractivity contribution in [2.45, 2.75) is 72.5 Å². The van der Waals surface area contributed by atoms with Crippen molar-refractivity contribution in [2.24, 2.45) is 23.7 Å². The third-order valence-corrected chi connectivity index (χ3v) is 9.16. The average molecular weight is 469 g/mol. The summed E-state index contributed by atoms with van der Waals surface area (Å²) in [5.74, 6) is 1.03. The summed E-state index contributed by atoms with van der Waals surface area (Å²) in [4.78, 5) is 16.8. The van der Waals surface area contributed by atoms with Crippen LogP contribution in [-0.2, 0) is 9.53 Å². The smallest absolute Gasteiger partial charge is 0.303 e. The van der Waals surface area contributed by atoms with Crippen molar-refractivity contribution >= 4 is 11.7 Å². The fraction of sp³-hybridized carbons (Fsp3) is 0.690. The minimum Gasteiger partial charge on any atom is -0.458 e. The van der Waals surface area contributed by atoms with Gasteiger partial charge in [0.05, 0.1) is 5.60 Å². The molecule has 5 nitrogen and oxygen atoms in total. The van der Waals surface area contributed by atoms with Crippen LogP contribution < -0.4 is 4.90 Å². The zero-order chi connectivity index (χ0) is 24.6. The molecule has 0 amide bonds. The molecule has 3 aliphatic rings. The molecule has 4 rings (SSSR count). The Balaban J connectivity index is 1.41. The molecule has 0 bridgehead atoms. The number of fused-ring (bicyclic) bond motifs is 1. The number of carbonyl (C=O) groups excluding carboxylic acids is 1.